The van der Waals surface area contributed by atoms with Crippen molar-refractivity contribution in [3.8, 4) is 0 Å². The molecule has 0 fully saturated rings. The summed E-state index contributed by atoms with van der Waals surface area (Å²) in [5.41, 5.74) is 2.70. The number of nitrogen functional groups attached to an aromatic ring is 1. The first-order valence-corrected chi connectivity index (χ1v) is 11.5. The second-order valence-corrected chi connectivity index (χ2v) is 9.66. The Kier molecular flexibility index (Phi) is 6.34. The molecule has 4 aromatic rings. The number of hydrogen-bond acceptors (Lipinski definition) is 7. The van der Waals surface area contributed by atoms with Gasteiger partial charge in [0.1, 0.15) is 11.3 Å². The van der Waals surface area contributed by atoms with E-state index in [0.717, 1.165) is 0 Å². The first-order valence-electron chi connectivity index (χ1n) is 8.73. The van der Waals surface area contributed by atoms with Gasteiger partial charge in [0.25, 0.3) is 0 Å². The molecular weight excluding hydrogens is 526 g/mol. The average molecular weight is 537 g/mol. The van der Waals surface area contributed by atoms with E-state index in [1.54, 1.807) is 30.0 Å². The lowest BCUT2D eigenvalue weighted by Crippen LogP contribution is -2.11. The molecule has 2 aromatic heterocycles. The summed E-state index contributed by atoms with van der Waals surface area (Å²) in [5, 5.41) is 0.900. The first kappa shape index (κ1) is 23.2. The molecule has 0 aliphatic heterocycles. The van der Waals surface area contributed by atoms with Gasteiger partial charge in [-0.3, -0.25) is 4.90 Å². The Balaban J connectivity index is 1.92. The molecule has 0 radical (unpaired) electrons. The Labute approximate surface area is 203 Å². The molecule has 0 atom stereocenters. The van der Waals surface area contributed by atoms with Crippen LogP contribution in [0, 0.1) is 6.92 Å². The zero-order valence-corrected chi connectivity index (χ0v) is 19.8. The summed E-state index contributed by atoms with van der Waals surface area (Å²) in [6.07, 6.45) is 0. The van der Waals surface area contributed by atoms with Gasteiger partial charge in [0.05, 0.1) is 26.4 Å². The normalized spacial score (nSPS) is 11.8. The molecule has 32 heavy (non-hydrogen) atoms. The summed E-state index contributed by atoms with van der Waals surface area (Å²) in [6.45, 7) is 1.70. The molecule has 2 heterocycles. The topological polar surface area (TPSA) is 67.9 Å². The highest BCUT2D eigenvalue weighted by atomic mass is 35.5. The third-order valence-corrected chi connectivity index (χ3v) is 6.91. The first-order chi connectivity index (χ1) is 15.0. The number of aryl methyl sites for hydroxylation is 1. The summed E-state index contributed by atoms with van der Waals surface area (Å²) < 4.78 is 38.5. The second kappa shape index (κ2) is 8.75. The van der Waals surface area contributed by atoms with Crippen LogP contribution in [0.4, 0.5) is 35.5 Å². The minimum absolute atomic E-state index is 0.0886. The van der Waals surface area contributed by atoms with E-state index in [1.807, 2.05) is 0 Å². The quantitative estimate of drug-likeness (QED) is 0.266. The fraction of sp³-hybridized carbons (Fsp3) is 0.105. The predicted octanol–water partition coefficient (Wildman–Crippen LogP) is 8.02. The Morgan fingerprint density at radius 2 is 1.69 bits per heavy atom. The van der Waals surface area contributed by atoms with Crippen molar-refractivity contribution in [1.82, 2.24) is 15.0 Å². The Hall–Kier alpha value is -1.98. The van der Waals surface area contributed by atoms with Crippen molar-refractivity contribution < 1.29 is 13.2 Å². The number of thiazole rings is 1. The number of aromatic nitrogens is 3. The van der Waals surface area contributed by atoms with Gasteiger partial charge in [-0.2, -0.15) is 13.2 Å². The highest BCUT2D eigenvalue weighted by Gasteiger charge is 2.31. The number of halogens is 6. The number of hydrogen-bond donors (Lipinski definition) is 1. The van der Waals surface area contributed by atoms with E-state index in [0.29, 0.717) is 42.7 Å². The fourth-order valence-electron chi connectivity index (χ4n) is 2.91. The molecule has 2 N–H and O–H groups in total. The van der Waals surface area contributed by atoms with Crippen molar-refractivity contribution in [2.45, 2.75) is 17.3 Å². The van der Waals surface area contributed by atoms with Gasteiger partial charge in [-0.05, 0) is 49.0 Å². The standard InChI is InChI=1S/C19H11Cl3F3N5S2/c1-8-27-16(26)14-17(28-8)31-18(29-14)30(15-10(20)3-2-4-11(15)21)9-5-6-13(12(22)7-9)32-19(23,24)25/h2-7H,1H3,(H2,26,27,28). The van der Waals surface area contributed by atoms with Crippen molar-refractivity contribution >= 4 is 90.6 Å². The third kappa shape index (κ3) is 4.69. The van der Waals surface area contributed by atoms with Crippen LogP contribution in [0.2, 0.25) is 15.1 Å². The van der Waals surface area contributed by atoms with Gasteiger partial charge in [-0.25, -0.2) is 15.0 Å². The number of nitrogens with zero attached hydrogens (tertiary/aromatic N) is 4. The molecule has 0 amide bonds. The fourth-order valence-corrected chi connectivity index (χ4v) is 5.33. The lowest BCUT2D eigenvalue weighted by Gasteiger charge is -2.25. The molecular formula is C19H11Cl3F3N5S2. The molecule has 4 rings (SSSR count). The number of para-hydroxylation sites is 1. The molecule has 0 saturated carbocycles. The van der Waals surface area contributed by atoms with E-state index in [1.165, 1.54) is 29.5 Å². The van der Waals surface area contributed by atoms with Crippen molar-refractivity contribution in [3.63, 3.8) is 0 Å². The lowest BCUT2D eigenvalue weighted by molar-refractivity contribution is -0.0328. The van der Waals surface area contributed by atoms with E-state index in [9.17, 15) is 13.2 Å². The van der Waals surface area contributed by atoms with Gasteiger partial charge in [0.2, 0.25) is 0 Å². The smallest absolute Gasteiger partial charge is 0.382 e. The number of thioether (sulfide) groups is 1. The van der Waals surface area contributed by atoms with Crippen molar-refractivity contribution in [1.29, 1.82) is 0 Å². The van der Waals surface area contributed by atoms with E-state index in [4.69, 9.17) is 40.5 Å². The zero-order valence-electron chi connectivity index (χ0n) is 15.9. The van der Waals surface area contributed by atoms with Crippen molar-refractivity contribution in [3.05, 3.63) is 57.3 Å². The predicted molar refractivity (Wildman–Crippen MR) is 126 cm³/mol. The summed E-state index contributed by atoms with van der Waals surface area (Å²) in [7, 11) is 0. The van der Waals surface area contributed by atoms with Crippen LogP contribution in [0.5, 0.6) is 0 Å². The van der Waals surface area contributed by atoms with Crippen LogP contribution in [-0.4, -0.2) is 20.5 Å². The van der Waals surface area contributed by atoms with Crippen LogP contribution in [0.3, 0.4) is 0 Å². The molecule has 0 aliphatic rings. The Morgan fingerprint density at radius 3 is 2.31 bits per heavy atom. The third-order valence-electron chi connectivity index (χ3n) is 4.14. The molecule has 0 bridgehead atoms. The summed E-state index contributed by atoms with van der Waals surface area (Å²) in [6, 6.07) is 9.09. The van der Waals surface area contributed by atoms with Crippen LogP contribution < -0.4 is 10.6 Å². The van der Waals surface area contributed by atoms with Crippen LogP contribution in [0.15, 0.2) is 41.3 Å². The molecule has 0 spiro atoms. The molecule has 166 valence electrons. The summed E-state index contributed by atoms with van der Waals surface area (Å²) >= 11 is 20.0. The molecule has 0 aliphatic carbocycles. The van der Waals surface area contributed by atoms with Gasteiger partial charge >= 0.3 is 5.51 Å². The van der Waals surface area contributed by atoms with Crippen LogP contribution >= 0.6 is 57.9 Å². The van der Waals surface area contributed by atoms with Crippen LogP contribution in [-0.2, 0) is 0 Å². The van der Waals surface area contributed by atoms with Crippen LogP contribution in [0.25, 0.3) is 10.3 Å². The SMILES string of the molecule is Cc1nc(N)c2nc(N(c3ccc(SC(F)(F)F)c(Cl)c3)c3c(Cl)cccc3Cl)sc2n1. The average Bonchev–Trinajstić information content (AvgIpc) is 3.09. The van der Waals surface area contributed by atoms with Gasteiger partial charge in [0, 0.05) is 4.90 Å². The second-order valence-electron chi connectivity index (χ2n) is 6.37. The minimum Gasteiger partial charge on any atom is -0.382 e. The molecule has 0 unspecified atom stereocenters. The van der Waals surface area contributed by atoms with Gasteiger partial charge < -0.3 is 5.73 Å². The number of fused-ring (bicyclic) bond motifs is 1. The van der Waals surface area contributed by atoms with E-state index < -0.39 is 5.51 Å². The van der Waals surface area contributed by atoms with E-state index >= 15 is 0 Å². The highest BCUT2D eigenvalue weighted by Crippen LogP contribution is 2.48. The summed E-state index contributed by atoms with van der Waals surface area (Å²) in [5.74, 6) is 0.680. The molecule has 13 heteroatoms. The summed E-state index contributed by atoms with van der Waals surface area (Å²) in [4.78, 5) is 15.0. The Bertz CT molecular complexity index is 1310. The van der Waals surface area contributed by atoms with Gasteiger partial charge in [-0.1, -0.05) is 52.2 Å². The van der Waals surface area contributed by atoms with E-state index in [2.05, 4.69) is 15.0 Å². The molecule has 0 saturated heterocycles. The van der Waals surface area contributed by atoms with E-state index in [-0.39, 0.29) is 27.5 Å². The largest absolute Gasteiger partial charge is 0.446 e. The van der Waals surface area contributed by atoms with Crippen molar-refractivity contribution in [2.24, 2.45) is 0 Å². The van der Waals surface area contributed by atoms with Crippen LogP contribution in [0.1, 0.15) is 5.82 Å². The zero-order chi connectivity index (χ0) is 23.2. The minimum atomic E-state index is -4.47. The maximum atomic E-state index is 12.8. The maximum Gasteiger partial charge on any atom is 0.446 e. The number of rotatable bonds is 4. The Morgan fingerprint density at radius 1 is 1.00 bits per heavy atom. The number of anilines is 4. The molecule has 2 aromatic carbocycles. The highest BCUT2D eigenvalue weighted by molar-refractivity contribution is 8.00. The maximum absolute atomic E-state index is 12.8. The number of benzene rings is 2. The lowest BCUT2D eigenvalue weighted by atomic mass is 10.2. The number of alkyl halides is 3. The monoisotopic (exact) mass is 535 g/mol. The van der Waals surface area contributed by atoms with Crippen molar-refractivity contribution in [2.75, 3.05) is 10.6 Å². The van der Waals surface area contributed by atoms with Gasteiger partial charge in [0.15, 0.2) is 15.8 Å². The molecule has 5 nitrogen and oxygen atoms in total. The van der Waals surface area contributed by atoms with Gasteiger partial charge in [-0.15, -0.1) is 0 Å². The number of nitrogens with two attached hydrogens (primary N) is 1.